The summed E-state index contributed by atoms with van der Waals surface area (Å²) in [6.45, 7) is 0. The Labute approximate surface area is 137 Å². The molecule has 9 heteroatoms. The van der Waals surface area contributed by atoms with Crippen molar-refractivity contribution >= 4 is 16.6 Å². The van der Waals surface area contributed by atoms with Crippen LogP contribution in [0.5, 0.6) is 0 Å². The Morgan fingerprint density at radius 3 is 2.40 bits per heavy atom. The molecule has 0 bridgehead atoms. The molecule has 0 amide bonds. The summed E-state index contributed by atoms with van der Waals surface area (Å²) in [5.41, 5.74) is 2.72. The highest BCUT2D eigenvalue weighted by Gasteiger charge is 2.34. The molecule has 0 fully saturated rings. The number of alkyl halides is 3. The molecule has 25 heavy (non-hydrogen) atoms. The lowest BCUT2D eigenvalue weighted by atomic mass is 10.0. The molecule has 0 saturated carbocycles. The smallest absolute Gasteiger partial charge is 0.383 e. The maximum atomic E-state index is 14.4. The van der Waals surface area contributed by atoms with E-state index in [9.17, 15) is 26.7 Å². The van der Waals surface area contributed by atoms with E-state index in [1.807, 2.05) is 0 Å². The van der Waals surface area contributed by atoms with E-state index in [1.165, 1.54) is 19.3 Å². The average Bonchev–Trinajstić information content (AvgIpc) is 2.52. The quantitative estimate of drug-likeness (QED) is 0.680. The van der Waals surface area contributed by atoms with Crippen LogP contribution in [0.4, 0.5) is 27.8 Å². The van der Waals surface area contributed by atoms with Gasteiger partial charge in [0.2, 0.25) is 0 Å². The van der Waals surface area contributed by atoms with Crippen molar-refractivity contribution in [3.8, 4) is 11.3 Å². The van der Waals surface area contributed by atoms with Crippen LogP contribution in [0.15, 0.2) is 35.3 Å². The number of aryl methyl sites for hydroxylation is 1. The first kappa shape index (κ1) is 16.9. The molecule has 0 aliphatic carbocycles. The van der Waals surface area contributed by atoms with Gasteiger partial charge in [-0.1, -0.05) is 0 Å². The van der Waals surface area contributed by atoms with Gasteiger partial charge >= 0.3 is 6.18 Å². The molecular weight excluding hydrogens is 345 g/mol. The second-order valence-electron chi connectivity index (χ2n) is 5.38. The molecular formula is C16H10F5N3O. The fourth-order valence-electron chi connectivity index (χ4n) is 2.48. The van der Waals surface area contributed by atoms with Gasteiger partial charge in [0, 0.05) is 18.8 Å². The van der Waals surface area contributed by atoms with E-state index in [1.54, 1.807) is 0 Å². The number of hydrogen-bond acceptors (Lipinski definition) is 3. The molecule has 2 heterocycles. The van der Waals surface area contributed by atoms with Crippen molar-refractivity contribution < 1.29 is 22.0 Å². The number of pyridine rings is 2. The standard InChI is InChI=1S/C16H10F5N3O/c1-24-5-4-7-6-8(12(17)13(18)11(7)15(24)25)10-3-2-9(14(22)23-10)16(19,20)21/h2-6H,1H3,(H2,22,23). The number of aromatic nitrogens is 2. The molecule has 3 rings (SSSR count). The van der Waals surface area contributed by atoms with Gasteiger partial charge in [0.05, 0.1) is 16.6 Å². The van der Waals surface area contributed by atoms with E-state index in [-0.39, 0.29) is 11.1 Å². The van der Waals surface area contributed by atoms with E-state index < -0.39 is 45.7 Å². The lowest BCUT2D eigenvalue weighted by Crippen LogP contribution is -2.17. The lowest BCUT2D eigenvalue weighted by Gasteiger charge is -2.12. The van der Waals surface area contributed by atoms with Crippen LogP contribution in [0, 0.1) is 11.6 Å². The third kappa shape index (κ3) is 2.71. The zero-order chi connectivity index (χ0) is 18.5. The largest absolute Gasteiger partial charge is 0.419 e. The number of nitrogens with two attached hydrogens (primary N) is 1. The van der Waals surface area contributed by atoms with Crippen LogP contribution in [0.1, 0.15) is 5.56 Å². The number of halogens is 5. The van der Waals surface area contributed by atoms with Gasteiger partial charge in [-0.15, -0.1) is 0 Å². The van der Waals surface area contributed by atoms with Crippen molar-refractivity contribution in [3.63, 3.8) is 0 Å². The van der Waals surface area contributed by atoms with Gasteiger partial charge in [0.1, 0.15) is 5.82 Å². The van der Waals surface area contributed by atoms with Crippen molar-refractivity contribution in [2.24, 2.45) is 7.05 Å². The number of rotatable bonds is 1. The highest BCUT2D eigenvalue weighted by molar-refractivity contribution is 5.87. The third-order valence-corrected chi connectivity index (χ3v) is 3.76. The second kappa shape index (κ2) is 5.54. The van der Waals surface area contributed by atoms with Crippen LogP contribution in [0.25, 0.3) is 22.0 Å². The summed E-state index contributed by atoms with van der Waals surface area (Å²) in [5, 5.41) is -0.358. The first-order valence-corrected chi connectivity index (χ1v) is 6.92. The molecule has 1 aromatic carbocycles. The Morgan fingerprint density at radius 1 is 1.12 bits per heavy atom. The van der Waals surface area contributed by atoms with E-state index in [0.29, 0.717) is 6.07 Å². The summed E-state index contributed by atoms with van der Waals surface area (Å²) in [4.78, 5) is 15.5. The first-order valence-electron chi connectivity index (χ1n) is 6.92. The number of hydrogen-bond donors (Lipinski definition) is 1. The molecule has 0 unspecified atom stereocenters. The van der Waals surface area contributed by atoms with E-state index in [2.05, 4.69) is 4.98 Å². The summed E-state index contributed by atoms with van der Waals surface area (Å²) < 4.78 is 68.0. The maximum Gasteiger partial charge on any atom is 0.419 e. The highest BCUT2D eigenvalue weighted by atomic mass is 19.4. The molecule has 0 radical (unpaired) electrons. The van der Waals surface area contributed by atoms with Gasteiger partial charge in [0.15, 0.2) is 11.6 Å². The minimum Gasteiger partial charge on any atom is -0.383 e. The number of anilines is 1. The van der Waals surface area contributed by atoms with E-state index in [4.69, 9.17) is 5.73 Å². The minimum atomic E-state index is -4.71. The zero-order valence-electron chi connectivity index (χ0n) is 12.7. The maximum absolute atomic E-state index is 14.4. The average molecular weight is 355 g/mol. The van der Waals surface area contributed by atoms with Gasteiger partial charge in [-0.3, -0.25) is 4.79 Å². The van der Waals surface area contributed by atoms with Crippen LogP contribution in [0.3, 0.4) is 0 Å². The lowest BCUT2D eigenvalue weighted by molar-refractivity contribution is -0.137. The third-order valence-electron chi connectivity index (χ3n) is 3.76. The molecule has 2 aromatic heterocycles. The molecule has 130 valence electrons. The predicted octanol–water partition coefficient (Wildman–Crippen LogP) is 3.48. The number of nitrogen functional groups attached to an aromatic ring is 1. The summed E-state index contributed by atoms with van der Waals surface area (Å²) >= 11 is 0. The Balaban J connectivity index is 2.27. The van der Waals surface area contributed by atoms with E-state index >= 15 is 0 Å². The van der Waals surface area contributed by atoms with Gasteiger partial charge in [-0.25, -0.2) is 13.8 Å². The normalized spacial score (nSPS) is 11.9. The fourth-order valence-corrected chi connectivity index (χ4v) is 2.48. The van der Waals surface area contributed by atoms with Gasteiger partial charge in [0.25, 0.3) is 5.56 Å². The summed E-state index contributed by atoms with van der Waals surface area (Å²) in [6.07, 6.45) is -3.35. The molecule has 4 nitrogen and oxygen atoms in total. The summed E-state index contributed by atoms with van der Waals surface area (Å²) in [7, 11) is 1.38. The van der Waals surface area contributed by atoms with Crippen LogP contribution in [-0.4, -0.2) is 9.55 Å². The molecule has 0 saturated heterocycles. The van der Waals surface area contributed by atoms with Crippen molar-refractivity contribution in [3.05, 3.63) is 58.0 Å². The van der Waals surface area contributed by atoms with Gasteiger partial charge in [-0.05, 0) is 29.7 Å². The topological polar surface area (TPSA) is 60.9 Å². The van der Waals surface area contributed by atoms with Crippen LogP contribution in [0.2, 0.25) is 0 Å². The number of fused-ring (bicyclic) bond motifs is 1. The Hall–Kier alpha value is -2.97. The Morgan fingerprint density at radius 2 is 1.80 bits per heavy atom. The summed E-state index contributed by atoms with van der Waals surface area (Å²) in [5.74, 6) is -3.63. The van der Waals surface area contributed by atoms with Crippen LogP contribution in [-0.2, 0) is 13.2 Å². The van der Waals surface area contributed by atoms with Crippen LogP contribution >= 0.6 is 0 Å². The van der Waals surface area contributed by atoms with Crippen molar-refractivity contribution in [2.45, 2.75) is 6.18 Å². The predicted molar refractivity (Wildman–Crippen MR) is 81.8 cm³/mol. The monoisotopic (exact) mass is 355 g/mol. The second-order valence-corrected chi connectivity index (χ2v) is 5.38. The highest BCUT2D eigenvalue weighted by Crippen LogP contribution is 2.35. The van der Waals surface area contributed by atoms with Gasteiger partial charge < -0.3 is 10.3 Å². The fraction of sp³-hybridized carbons (Fsp3) is 0.125. The molecule has 0 aliphatic rings. The number of benzene rings is 1. The Bertz CT molecular complexity index is 1060. The molecule has 0 atom stereocenters. The molecule has 3 aromatic rings. The van der Waals surface area contributed by atoms with Crippen molar-refractivity contribution in [1.29, 1.82) is 0 Å². The molecule has 2 N–H and O–H groups in total. The minimum absolute atomic E-state index is 0.0947. The van der Waals surface area contributed by atoms with E-state index in [0.717, 1.165) is 16.7 Å². The SMILES string of the molecule is Cn1ccc2cc(-c3ccc(C(F)(F)F)c(N)n3)c(F)c(F)c2c1=O. The van der Waals surface area contributed by atoms with Crippen LogP contribution < -0.4 is 11.3 Å². The molecule has 0 spiro atoms. The molecule has 0 aliphatic heterocycles. The van der Waals surface area contributed by atoms with Crippen molar-refractivity contribution in [1.82, 2.24) is 9.55 Å². The first-order chi connectivity index (χ1) is 11.6. The number of nitrogens with zero attached hydrogens (tertiary/aromatic N) is 2. The zero-order valence-corrected chi connectivity index (χ0v) is 12.7. The Kier molecular flexibility index (Phi) is 3.74. The summed E-state index contributed by atoms with van der Waals surface area (Å²) in [6, 6.07) is 4.06. The van der Waals surface area contributed by atoms with Gasteiger partial charge in [-0.2, -0.15) is 13.2 Å². The van der Waals surface area contributed by atoms with Crippen molar-refractivity contribution in [2.75, 3.05) is 5.73 Å².